The molecule has 4 aromatic rings. The fraction of sp³-hybridized carbons (Fsp3) is 0.0385. The zero-order valence-electron chi connectivity index (χ0n) is 18.0. The number of hydrogen-bond acceptors (Lipinski definition) is 5. The number of amides is 2. The Kier molecular flexibility index (Phi) is 7.32. The second kappa shape index (κ2) is 10.9. The van der Waals surface area contributed by atoms with Gasteiger partial charge in [0.25, 0.3) is 11.8 Å². The average molecular weight is 472 g/mol. The molecule has 0 fully saturated rings. The first-order valence-electron chi connectivity index (χ1n) is 10.4. The number of anilines is 2. The van der Waals surface area contributed by atoms with Gasteiger partial charge in [0, 0.05) is 16.9 Å². The number of benzene rings is 3. The van der Waals surface area contributed by atoms with Gasteiger partial charge in [-0.25, -0.2) is 0 Å². The van der Waals surface area contributed by atoms with Gasteiger partial charge < -0.3 is 19.8 Å². The molecular formula is C26H21N3O4S. The molecule has 1 heterocycles. The molecule has 4 rings (SSSR count). The van der Waals surface area contributed by atoms with Crippen LogP contribution in [0.1, 0.15) is 26.5 Å². The first-order valence-corrected chi connectivity index (χ1v) is 10.8. The van der Waals surface area contributed by atoms with Crippen molar-refractivity contribution in [3.63, 3.8) is 0 Å². The second-order valence-electron chi connectivity index (χ2n) is 7.22. The highest BCUT2D eigenvalue weighted by atomic mass is 32.1. The van der Waals surface area contributed by atoms with Crippen LogP contribution in [-0.4, -0.2) is 16.9 Å². The Morgan fingerprint density at radius 3 is 2.32 bits per heavy atom. The van der Waals surface area contributed by atoms with Gasteiger partial charge >= 0.3 is 0 Å². The summed E-state index contributed by atoms with van der Waals surface area (Å²) in [6.45, 7) is 0.401. The van der Waals surface area contributed by atoms with E-state index in [0.29, 0.717) is 29.3 Å². The van der Waals surface area contributed by atoms with Gasteiger partial charge in [-0.2, -0.15) is 0 Å². The number of ether oxygens (including phenoxy) is 1. The number of rotatable bonds is 7. The Hall–Kier alpha value is -4.43. The summed E-state index contributed by atoms with van der Waals surface area (Å²) in [6, 6.07) is 26.8. The van der Waals surface area contributed by atoms with Gasteiger partial charge in [0.15, 0.2) is 10.9 Å². The van der Waals surface area contributed by atoms with Crippen LogP contribution in [0, 0.1) is 0 Å². The van der Waals surface area contributed by atoms with Crippen LogP contribution in [0.3, 0.4) is 0 Å². The topological polar surface area (TPSA) is 92.6 Å². The van der Waals surface area contributed by atoms with Crippen molar-refractivity contribution in [1.29, 1.82) is 0 Å². The minimum atomic E-state index is -0.370. The number of furan rings is 1. The lowest BCUT2D eigenvalue weighted by Gasteiger charge is -2.12. The lowest BCUT2D eigenvalue weighted by Crippen LogP contribution is -2.34. The second-order valence-corrected chi connectivity index (χ2v) is 7.63. The van der Waals surface area contributed by atoms with Crippen molar-refractivity contribution in [3.05, 3.63) is 114 Å². The van der Waals surface area contributed by atoms with Crippen molar-refractivity contribution >= 4 is 40.5 Å². The van der Waals surface area contributed by atoms with Crippen molar-refractivity contribution in [1.82, 2.24) is 5.32 Å². The highest BCUT2D eigenvalue weighted by Gasteiger charge is 2.11. The molecule has 34 heavy (non-hydrogen) atoms. The van der Waals surface area contributed by atoms with E-state index >= 15 is 0 Å². The maximum absolute atomic E-state index is 12.7. The summed E-state index contributed by atoms with van der Waals surface area (Å²) in [5, 5.41) is 8.46. The van der Waals surface area contributed by atoms with E-state index in [1.54, 1.807) is 60.7 Å². The normalized spacial score (nSPS) is 10.2. The maximum atomic E-state index is 12.7. The molecule has 0 aliphatic carbocycles. The summed E-state index contributed by atoms with van der Waals surface area (Å²) in [6.07, 6.45) is 1.43. The maximum Gasteiger partial charge on any atom is 0.291 e. The third kappa shape index (κ3) is 6.30. The molecule has 0 aliphatic rings. The van der Waals surface area contributed by atoms with Crippen LogP contribution in [-0.2, 0) is 6.61 Å². The number of carbonyl (C=O) groups excluding carboxylic acids is 2. The molecule has 7 nitrogen and oxygen atoms in total. The van der Waals surface area contributed by atoms with Crippen molar-refractivity contribution in [2.75, 3.05) is 10.6 Å². The summed E-state index contributed by atoms with van der Waals surface area (Å²) in [5.41, 5.74) is 2.59. The molecule has 0 saturated heterocycles. The predicted octanol–water partition coefficient (Wildman–Crippen LogP) is 5.24. The standard InChI is InChI=1S/C26H21N3O4S/c30-24(19-9-4-12-22(15-19)33-17-18-7-2-1-3-8-18)29-26(34)28-21-11-5-10-20(16-21)27-25(31)23-13-6-14-32-23/h1-16H,17H2,(H,27,31)(H2,28,29,30,34). The molecule has 0 spiro atoms. The van der Waals surface area contributed by atoms with Crippen molar-refractivity contribution in [3.8, 4) is 5.75 Å². The van der Waals surface area contributed by atoms with E-state index in [1.807, 2.05) is 30.3 Å². The fourth-order valence-electron chi connectivity index (χ4n) is 3.08. The van der Waals surface area contributed by atoms with Crippen LogP contribution in [0.15, 0.2) is 102 Å². The van der Waals surface area contributed by atoms with Crippen LogP contribution in [0.2, 0.25) is 0 Å². The van der Waals surface area contributed by atoms with E-state index in [-0.39, 0.29) is 22.7 Å². The molecule has 170 valence electrons. The van der Waals surface area contributed by atoms with E-state index in [9.17, 15) is 9.59 Å². The molecule has 8 heteroatoms. The number of thiocarbonyl (C=S) groups is 1. The molecule has 3 aromatic carbocycles. The number of hydrogen-bond donors (Lipinski definition) is 3. The van der Waals surface area contributed by atoms with Gasteiger partial charge in [-0.3, -0.25) is 14.9 Å². The van der Waals surface area contributed by atoms with Crippen LogP contribution in [0.4, 0.5) is 11.4 Å². The molecule has 1 aromatic heterocycles. The van der Waals surface area contributed by atoms with Crippen LogP contribution < -0.4 is 20.7 Å². The van der Waals surface area contributed by atoms with Crippen LogP contribution in [0.25, 0.3) is 0 Å². The largest absolute Gasteiger partial charge is 0.489 e. The zero-order valence-corrected chi connectivity index (χ0v) is 18.8. The zero-order chi connectivity index (χ0) is 23.8. The quantitative estimate of drug-likeness (QED) is 0.319. The molecule has 3 N–H and O–H groups in total. The summed E-state index contributed by atoms with van der Waals surface area (Å²) >= 11 is 5.28. The first-order chi connectivity index (χ1) is 16.6. The van der Waals surface area contributed by atoms with Gasteiger partial charge in [0.2, 0.25) is 0 Å². The minimum Gasteiger partial charge on any atom is -0.489 e. The highest BCUT2D eigenvalue weighted by molar-refractivity contribution is 7.80. The Bertz CT molecular complexity index is 1290. The molecule has 0 radical (unpaired) electrons. The Balaban J connectivity index is 1.32. The third-order valence-corrected chi connectivity index (χ3v) is 4.90. The molecule has 2 amide bonds. The summed E-state index contributed by atoms with van der Waals surface area (Å²) < 4.78 is 10.9. The summed E-state index contributed by atoms with van der Waals surface area (Å²) in [7, 11) is 0. The van der Waals surface area contributed by atoms with Crippen molar-refractivity contribution in [2.24, 2.45) is 0 Å². The van der Waals surface area contributed by atoms with Crippen LogP contribution in [0.5, 0.6) is 5.75 Å². The Labute approximate surface area is 201 Å². The van der Waals surface area contributed by atoms with Gasteiger partial charge in [-0.15, -0.1) is 0 Å². The van der Waals surface area contributed by atoms with Gasteiger partial charge in [0.05, 0.1) is 6.26 Å². The lowest BCUT2D eigenvalue weighted by molar-refractivity contribution is 0.0974. The van der Waals surface area contributed by atoms with Gasteiger partial charge in [0.1, 0.15) is 12.4 Å². The van der Waals surface area contributed by atoms with Crippen LogP contribution >= 0.6 is 12.2 Å². The van der Waals surface area contributed by atoms with E-state index in [4.69, 9.17) is 21.4 Å². The first kappa shape index (κ1) is 22.8. The Morgan fingerprint density at radius 2 is 1.56 bits per heavy atom. The van der Waals surface area contributed by atoms with E-state index in [1.165, 1.54) is 6.26 Å². The third-order valence-electron chi connectivity index (χ3n) is 4.69. The molecule has 0 atom stereocenters. The smallest absolute Gasteiger partial charge is 0.291 e. The van der Waals surface area contributed by atoms with Gasteiger partial charge in [-0.1, -0.05) is 42.5 Å². The van der Waals surface area contributed by atoms with Gasteiger partial charge in [-0.05, 0) is 66.3 Å². The predicted molar refractivity (Wildman–Crippen MR) is 134 cm³/mol. The molecule has 0 unspecified atom stereocenters. The minimum absolute atomic E-state index is 0.120. The van der Waals surface area contributed by atoms with E-state index < -0.39 is 0 Å². The Morgan fingerprint density at radius 1 is 0.794 bits per heavy atom. The number of carbonyl (C=O) groups is 2. The lowest BCUT2D eigenvalue weighted by atomic mass is 10.2. The monoisotopic (exact) mass is 471 g/mol. The highest BCUT2D eigenvalue weighted by Crippen LogP contribution is 2.17. The molecular weight excluding hydrogens is 450 g/mol. The SMILES string of the molecule is O=C(NC(=S)Nc1cccc(NC(=O)c2ccco2)c1)c1cccc(OCc2ccccc2)c1. The summed E-state index contributed by atoms with van der Waals surface area (Å²) in [5.74, 6) is 0.0452. The van der Waals surface area contributed by atoms with E-state index in [2.05, 4.69) is 16.0 Å². The number of nitrogens with one attached hydrogen (secondary N) is 3. The van der Waals surface area contributed by atoms with E-state index in [0.717, 1.165) is 5.56 Å². The van der Waals surface area contributed by atoms with Crippen molar-refractivity contribution < 1.29 is 18.7 Å². The average Bonchev–Trinajstić information content (AvgIpc) is 3.39. The summed E-state index contributed by atoms with van der Waals surface area (Å²) in [4.78, 5) is 24.8. The fourth-order valence-corrected chi connectivity index (χ4v) is 3.29. The molecule has 0 saturated carbocycles. The molecule has 0 bridgehead atoms. The van der Waals surface area contributed by atoms with Crippen molar-refractivity contribution in [2.45, 2.75) is 6.61 Å². The molecule has 0 aliphatic heterocycles.